The summed E-state index contributed by atoms with van der Waals surface area (Å²) in [6.07, 6.45) is 0. The van der Waals surface area contributed by atoms with Crippen molar-refractivity contribution >= 4 is 28.9 Å². The third kappa shape index (κ3) is 2.35. The van der Waals surface area contributed by atoms with Crippen molar-refractivity contribution < 1.29 is 8.78 Å². The second kappa shape index (κ2) is 4.51. The van der Waals surface area contributed by atoms with Gasteiger partial charge < -0.3 is 5.73 Å². The van der Waals surface area contributed by atoms with Crippen LogP contribution in [0.4, 0.5) is 14.5 Å². The lowest BCUT2D eigenvalue weighted by molar-refractivity contribution is 0.587. The largest absolute Gasteiger partial charge is 0.396 e. The molecule has 88 valence electrons. The summed E-state index contributed by atoms with van der Waals surface area (Å²) in [6, 6.07) is 6.53. The SMILES string of the molecule is Nc1c(F)cc(F)cc1-c1ccc(Cl)c(Cl)c1. The maximum Gasteiger partial charge on any atom is 0.149 e. The van der Waals surface area contributed by atoms with Gasteiger partial charge in [-0.25, -0.2) is 8.78 Å². The van der Waals surface area contributed by atoms with E-state index in [-0.39, 0.29) is 11.3 Å². The average Bonchev–Trinajstić information content (AvgIpc) is 2.27. The van der Waals surface area contributed by atoms with Crippen LogP contribution in [-0.4, -0.2) is 0 Å². The van der Waals surface area contributed by atoms with Crippen molar-refractivity contribution in [3.8, 4) is 11.1 Å². The highest BCUT2D eigenvalue weighted by Crippen LogP contribution is 2.33. The molecule has 2 N–H and O–H groups in total. The predicted molar refractivity (Wildman–Crippen MR) is 66.2 cm³/mol. The van der Waals surface area contributed by atoms with Crippen LogP contribution >= 0.6 is 23.2 Å². The maximum absolute atomic E-state index is 13.3. The Hall–Kier alpha value is -1.32. The molecule has 0 aliphatic rings. The topological polar surface area (TPSA) is 26.0 Å². The lowest BCUT2D eigenvalue weighted by Gasteiger charge is -2.08. The number of nitrogens with two attached hydrogens (primary N) is 1. The van der Waals surface area contributed by atoms with E-state index in [0.717, 1.165) is 12.1 Å². The molecule has 0 fully saturated rings. The van der Waals surface area contributed by atoms with Crippen LogP contribution in [0.5, 0.6) is 0 Å². The molecule has 0 bridgehead atoms. The van der Waals surface area contributed by atoms with Gasteiger partial charge in [-0.3, -0.25) is 0 Å². The van der Waals surface area contributed by atoms with Crippen LogP contribution in [0.25, 0.3) is 11.1 Å². The molecule has 2 aromatic carbocycles. The van der Waals surface area contributed by atoms with E-state index in [2.05, 4.69) is 0 Å². The first-order valence-corrected chi connectivity index (χ1v) is 5.44. The summed E-state index contributed by atoms with van der Waals surface area (Å²) in [6.45, 7) is 0. The van der Waals surface area contributed by atoms with Crippen molar-refractivity contribution in [2.45, 2.75) is 0 Å². The molecule has 0 radical (unpaired) electrons. The van der Waals surface area contributed by atoms with Crippen LogP contribution in [0.2, 0.25) is 10.0 Å². The number of nitrogen functional groups attached to an aromatic ring is 1. The van der Waals surface area contributed by atoms with Gasteiger partial charge in [-0.2, -0.15) is 0 Å². The zero-order valence-electron chi connectivity index (χ0n) is 8.48. The first-order chi connectivity index (χ1) is 7.99. The molecule has 5 heteroatoms. The number of rotatable bonds is 1. The van der Waals surface area contributed by atoms with Crippen LogP contribution < -0.4 is 5.73 Å². The van der Waals surface area contributed by atoms with Gasteiger partial charge in [-0.05, 0) is 23.8 Å². The van der Waals surface area contributed by atoms with E-state index in [4.69, 9.17) is 28.9 Å². The molecule has 0 saturated heterocycles. The van der Waals surface area contributed by atoms with Gasteiger partial charge in [-0.1, -0.05) is 29.3 Å². The molecule has 0 aliphatic heterocycles. The summed E-state index contributed by atoms with van der Waals surface area (Å²) in [7, 11) is 0. The van der Waals surface area contributed by atoms with Crippen LogP contribution in [0.3, 0.4) is 0 Å². The number of hydrogen-bond acceptors (Lipinski definition) is 1. The summed E-state index contributed by atoms with van der Waals surface area (Å²) in [5, 5.41) is 0.666. The average molecular weight is 274 g/mol. The summed E-state index contributed by atoms with van der Waals surface area (Å²) < 4.78 is 26.4. The molecule has 2 aromatic rings. The standard InChI is InChI=1S/C12H7Cl2F2N/c13-9-2-1-6(3-10(9)14)8-4-7(15)5-11(16)12(8)17/h1-5H,17H2. The number of benzene rings is 2. The summed E-state index contributed by atoms with van der Waals surface area (Å²) in [5.41, 5.74) is 6.19. The Labute approximate surface area is 107 Å². The Morgan fingerprint density at radius 2 is 1.65 bits per heavy atom. The van der Waals surface area contributed by atoms with Crippen LogP contribution in [0.1, 0.15) is 0 Å². The van der Waals surface area contributed by atoms with Crippen molar-refractivity contribution in [2.75, 3.05) is 5.73 Å². The zero-order chi connectivity index (χ0) is 12.6. The van der Waals surface area contributed by atoms with Gasteiger partial charge in [0.25, 0.3) is 0 Å². The van der Waals surface area contributed by atoms with Gasteiger partial charge in [0, 0.05) is 11.6 Å². The minimum absolute atomic E-state index is 0.121. The van der Waals surface area contributed by atoms with Crippen molar-refractivity contribution in [1.29, 1.82) is 0 Å². The fraction of sp³-hybridized carbons (Fsp3) is 0. The van der Waals surface area contributed by atoms with Crippen molar-refractivity contribution in [3.63, 3.8) is 0 Å². The van der Waals surface area contributed by atoms with E-state index >= 15 is 0 Å². The monoisotopic (exact) mass is 273 g/mol. The highest BCUT2D eigenvalue weighted by atomic mass is 35.5. The van der Waals surface area contributed by atoms with Crippen LogP contribution in [0.15, 0.2) is 30.3 Å². The highest BCUT2D eigenvalue weighted by molar-refractivity contribution is 6.42. The first kappa shape index (κ1) is 12.1. The Kier molecular flexibility index (Phi) is 3.22. The molecule has 1 nitrogen and oxygen atoms in total. The predicted octanol–water partition coefficient (Wildman–Crippen LogP) is 4.52. The minimum Gasteiger partial charge on any atom is -0.396 e. The molecular formula is C12H7Cl2F2N. The molecule has 0 amide bonds. The molecule has 2 rings (SSSR count). The van der Waals surface area contributed by atoms with Gasteiger partial charge in [-0.15, -0.1) is 0 Å². The molecule has 0 saturated carbocycles. The van der Waals surface area contributed by atoms with Crippen molar-refractivity contribution in [2.24, 2.45) is 0 Å². The second-order valence-corrected chi connectivity index (χ2v) is 4.29. The highest BCUT2D eigenvalue weighted by Gasteiger charge is 2.11. The lowest BCUT2D eigenvalue weighted by atomic mass is 10.0. The minimum atomic E-state index is -0.800. The first-order valence-electron chi connectivity index (χ1n) is 4.69. The van der Waals surface area contributed by atoms with Gasteiger partial charge in [0.15, 0.2) is 0 Å². The Balaban J connectivity index is 2.64. The van der Waals surface area contributed by atoms with Gasteiger partial charge in [0.2, 0.25) is 0 Å². The number of hydrogen-bond donors (Lipinski definition) is 1. The van der Waals surface area contributed by atoms with Gasteiger partial charge >= 0.3 is 0 Å². The molecule has 17 heavy (non-hydrogen) atoms. The van der Waals surface area contributed by atoms with Gasteiger partial charge in [0.05, 0.1) is 15.7 Å². The van der Waals surface area contributed by atoms with E-state index in [1.165, 1.54) is 6.07 Å². The summed E-state index contributed by atoms with van der Waals surface area (Å²) >= 11 is 11.6. The number of halogens is 4. The van der Waals surface area contributed by atoms with E-state index in [1.807, 2.05) is 0 Å². The van der Waals surface area contributed by atoms with Crippen LogP contribution in [0, 0.1) is 11.6 Å². The van der Waals surface area contributed by atoms with E-state index in [0.29, 0.717) is 15.6 Å². The van der Waals surface area contributed by atoms with E-state index in [1.54, 1.807) is 12.1 Å². The molecule has 0 heterocycles. The smallest absolute Gasteiger partial charge is 0.149 e. The zero-order valence-corrected chi connectivity index (χ0v) is 9.99. The Morgan fingerprint density at radius 1 is 0.941 bits per heavy atom. The van der Waals surface area contributed by atoms with Gasteiger partial charge in [0.1, 0.15) is 11.6 Å². The molecule has 0 atom stereocenters. The second-order valence-electron chi connectivity index (χ2n) is 3.48. The van der Waals surface area contributed by atoms with Crippen molar-refractivity contribution in [3.05, 3.63) is 52.0 Å². The third-order valence-corrected chi connectivity index (χ3v) is 3.06. The van der Waals surface area contributed by atoms with E-state index < -0.39 is 11.6 Å². The number of anilines is 1. The van der Waals surface area contributed by atoms with Crippen LogP contribution in [-0.2, 0) is 0 Å². The summed E-state index contributed by atoms with van der Waals surface area (Å²) in [4.78, 5) is 0. The maximum atomic E-state index is 13.3. The molecule has 0 aliphatic carbocycles. The molecule has 0 aromatic heterocycles. The molecular weight excluding hydrogens is 267 g/mol. The third-order valence-electron chi connectivity index (χ3n) is 2.32. The fourth-order valence-corrected chi connectivity index (χ4v) is 1.79. The Bertz CT molecular complexity index is 585. The Morgan fingerprint density at radius 3 is 2.29 bits per heavy atom. The molecule has 0 unspecified atom stereocenters. The van der Waals surface area contributed by atoms with Crippen molar-refractivity contribution in [1.82, 2.24) is 0 Å². The fourth-order valence-electron chi connectivity index (χ4n) is 1.49. The quantitative estimate of drug-likeness (QED) is 0.760. The molecule has 0 spiro atoms. The summed E-state index contributed by atoms with van der Waals surface area (Å²) in [5.74, 6) is -1.50. The van der Waals surface area contributed by atoms with E-state index in [9.17, 15) is 8.78 Å². The lowest BCUT2D eigenvalue weighted by Crippen LogP contribution is -1.96. The normalized spacial score (nSPS) is 10.6.